The normalized spacial score (nSPS) is 20.6. The Bertz CT molecular complexity index is 1020. The summed E-state index contributed by atoms with van der Waals surface area (Å²) >= 11 is 0. The van der Waals surface area contributed by atoms with Gasteiger partial charge >= 0.3 is 0 Å². The second-order valence-corrected chi connectivity index (χ2v) is 8.38. The minimum absolute atomic E-state index is 0.0680. The first-order valence-corrected chi connectivity index (χ1v) is 10.8. The highest BCUT2D eigenvalue weighted by atomic mass is 16.5. The third kappa shape index (κ3) is 4.34. The molecule has 0 aromatic carbocycles. The maximum atomic E-state index is 12.7. The summed E-state index contributed by atoms with van der Waals surface area (Å²) in [5.41, 5.74) is 1.38. The molecule has 3 aromatic heterocycles. The van der Waals surface area contributed by atoms with E-state index in [1.54, 1.807) is 36.9 Å². The molecule has 160 valence electrons. The number of hydrogen-bond acceptors (Lipinski definition) is 7. The van der Waals surface area contributed by atoms with Crippen molar-refractivity contribution in [2.45, 2.75) is 37.7 Å². The highest BCUT2D eigenvalue weighted by Crippen LogP contribution is 2.39. The van der Waals surface area contributed by atoms with Crippen LogP contribution >= 0.6 is 0 Å². The van der Waals surface area contributed by atoms with Gasteiger partial charge in [0.05, 0.1) is 5.60 Å². The molecule has 1 amide bonds. The van der Waals surface area contributed by atoms with Crippen LogP contribution in [-0.2, 0) is 11.2 Å². The van der Waals surface area contributed by atoms with E-state index in [1.165, 1.54) is 0 Å². The van der Waals surface area contributed by atoms with Gasteiger partial charge in [0.15, 0.2) is 0 Å². The predicted molar refractivity (Wildman–Crippen MR) is 112 cm³/mol. The first-order chi connectivity index (χ1) is 15.2. The summed E-state index contributed by atoms with van der Waals surface area (Å²) in [5, 5.41) is 4.11. The Hall–Kier alpha value is -3.13. The Labute approximate surface area is 180 Å². The summed E-state index contributed by atoms with van der Waals surface area (Å²) in [6, 6.07) is 7.32. The van der Waals surface area contributed by atoms with Gasteiger partial charge in [-0.3, -0.25) is 14.8 Å². The Morgan fingerprint density at radius 1 is 1.13 bits per heavy atom. The maximum Gasteiger partial charge on any atom is 0.253 e. The molecule has 8 heteroatoms. The lowest BCUT2D eigenvalue weighted by Crippen LogP contribution is -2.51. The van der Waals surface area contributed by atoms with Crippen molar-refractivity contribution in [3.8, 4) is 11.4 Å². The highest BCUT2D eigenvalue weighted by molar-refractivity contribution is 5.94. The predicted octanol–water partition coefficient (Wildman–Crippen LogP) is 3.17. The van der Waals surface area contributed by atoms with Crippen molar-refractivity contribution in [3.05, 3.63) is 60.5 Å². The van der Waals surface area contributed by atoms with Crippen LogP contribution in [0.3, 0.4) is 0 Å². The van der Waals surface area contributed by atoms with E-state index in [1.807, 2.05) is 17.0 Å². The number of amides is 1. The van der Waals surface area contributed by atoms with Gasteiger partial charge in [-0.2, -0.15) is 4.98 Å². The van der Waals surface area contributed by atoms with Gasteiger partial charge in [0, 0.05) is 62.0 Å². The molecule has 5 heterocycles. The van der Waals surface area contributed by atoms with Crippen molar-refractivity contribution in [1.82, 2.24) is 25.0 Å². The van der Waals surface area contributed by atoms with Gasteiger partial charge < -0.3 is 14.2 Å². The smallest absolute Gasteiger partial charge is 0.253 e. The zero-order chi connectivity index (χ0) is 21.1. The SMILES string of the molecule is O=C(c1ccncc1)N1CCC2(CC1)CC(Cc1nc(-c3cccnc3)no1)CCO2. The average molecular weight is 419 g/mol. The fourth-order valence-corrected chi connectivity index (χ4v) is 4.64. The van der Waals surface area contributed by atoms with E-state index in [-0.39, 0.29) is 11.5 Å². The van der Waals surface area contributed by atoms with E-state index in [2.05, 4.69) is 20.1 Å². The number of rotatable bonds is 4. The molecule has 0 radical (unpaired) electrons. The van der Waals surface area contributed by atoms with Gasteiger partial charge in [-0.25, -0.2) is 0 Å². The number of carbonyl (C=O) groups is 1. The van der Waals surface area contributed by atoms with Crippen LogP contribution in [-0.4, -0.2) is 56.2 Å². The zero-order valence-electron chi connectivity index (χ0n) is 17.3. The van der Waals surface area contributed by atoms with Crippen molar-refractivity contribution in [2.24, 2.45) is 5.92 Å². The quantitative estimate of drug-likeness (QED) is 0.641. The van der Waals surface area contributed by atoms with Crippen molar-refractivity contribution in [3.63, 3.8) is 0 Å². The van der Waals surface area contributed by atoms with E-state index < -0.39 is 0 Å². The topological polar surface area (TPSA) is 94.2 Å². The summed E-state index contributed by atoms with van der Waals surface area (Å²) in [4.78, 5) is 27.3. The van der Waals surface area contributed by atoms with Crippen LogP contribution in [0, 0.1) is 5.92 Å². The first kappa shape index (κ1) is 19.8. The summed E-state index contributed by atoms with van der Waals surface area (Å²) in [6.45, 7) is 2.14. The number of hydrogen-bond donors (Lipinski definition) is 0. The molecule has 2 fully saturated rings. The molecule has 5 rings (SSSR count). The zero-order valence-corrected chi connectivity index (χ0v) is 17.3. The Morgan fingerprint density at radius 3 is 2.74 bits per heavy atom. The van der Waals surface area contributed by atoms with E-state index in [4.69, 9.17) is 9.26 Å². The summed E-state index contributed by atoms with van der Waals surface area (Å²) in [6.07, 6.45) is 11.2. The number of likely N-dealkylation sites (tertiary alicyclic amines) is 1. The van der Waals surface area contributed by atoms with Crippen LogP contribution in [0.15, 0.2) is 53.6 Å². The first-order valence-electron chi connectivity index (χ1n) is 10.8. The molecule has 1 atom stereocenters. The lowest BCUT2D eigenvalue weighted by Gasteiger charge is -2.46. The van der Waals surface area contributed by atoms with Crippen LogP contribution in [0.4, 0.5) is 0 Å². The van der Waals surface area contributed by atoms with Crippen LogP contribution in [0.2, 0.25) is 0 Å². The molecular weight excluding hydrogens is 394 g/mol. The average Bonchev–Trinajstić information content (AvgIpc) is 3.29. The molecule has 2 aliphatic heterocycles. The van der Waals surface area contributed by atoms with Gasteiger partial charge in [-0.1, -0.05) is 5.16 Å². The lowest BCUT2D eigenvalue weighted by atomic mass is 9.78. The largest absolute Gasteiger partial charge is 0.375 e. The van der Waals surface area contributed by atoms with Crippen LogP contribution in [0.25, 0.3) is 11.4 Å². The molecule has 3 aromatic rings. The van der Waals surface area contributed by atoms with Crippen LogP contribution < -0.4 is 0 Å². The summed E-state index contributed by atoms with van der Waals surface area (Å²) < 4.78 is 11.8. The number of carbonyl (C=O) groups excluding carboxylic acids is 1. The molecule has 31 heavy (non-hydrogen) atoms. The number of ether oxygens (including phenoxy) is 1. The van der Waals surface area contributed by atoms with Crippen LogP contribution in [0.1, 0.15) is 41.9 Å². The van der Waals surface area contributed by atoms with E-state index in [0.29, 0.717) is 36.3 Å². The Morgan fingerprint density at radius 2 is 1.97 bits per heavy atom. The summed E-state index contributed by atoms with van der Waals surface area (Å²) in [7, 11) is 0. The van der Waals surface area contributed by atoms with E-state index in [9.17, 15) is 4.79 Å². The minimum Gasteiger partial charge on any atom is -0.375 e. The molecule has 8 nitrogen and oxygen atoms in total. The van der Waals surface area contributed by atoms with Crippen molar-refractivity contribution < 1.29 is 14.1 Å². The monoisotopic (exact) mass is 419 g/mol. The van der Waals surface area contributed by atoms with Crippen molar-refractivity contribution in [2.75, 3.05) is 19.7 Å². The van der Waals surface area contributed by atoms with Crippen molar-refractivity contribution >= 4 is 5.91 Å². The number of piperidine rings is 1. The fraction of sp³-hybridized carbons (Fsp3) is 0.435. The van der Waals surface area contributed by atoms with Crippen LogP contribution in [0.5, 0.6) is 0 Å². The molecule has 0 aliphatic carbocycles. The molecule has 1 spiro atoms. The molecule has 0 N–H and O–H groups in total. The number of nitrogens with zero attached hydrogens (tertiary/aromatic N) is 5. The molecule has 0 saturated carbocycles. The molecule has 0 bridgehead atoms. The number of pyridine rings is 2. The second kappa shape index (κ2) is 8.55. The van der Waals surface area contributed by atoms with Crippen molar-refractivity contribution in [1.29, 1.82) is 0 Å². The molecule has 1 unspecified atom stereocenters. The standard InChI is InChI=1S/C23H25N5O3/c29-22(18-3-9-24-10-4-18)28-11-6-23(7-12-28)15-17(5-13-30-23)14-20-26-21(27-31-20)19-2-1-8-25-16-19/h1-4,8-10,16-17H,5-7,11-15H2. The lowest BCUT2D eigenvalue weighted by molar-refractivity contribution is -0.124. The molecular formula is C23H25N5O3. The van der Waals surface area contributed by atoms with E-state index in [0.717, 1.165) is 44.3 Å². The highest BCUT2D eigenvalue weighted by Gasteiger charge is 2.41. The fourth-order valence-electron chi connectivity index (χ4n) is 4.64. The number of aromatic nitrogens is 4. The van der Waals surface area contributed by atoms with E-state index >= 15 is 0 Å². The van der Waals surface area contributed by atoms with Gasteiger partial charge in [0.25, 0.3) is 5.91 Å². The minimum atomic E-state index is -0.163. The maximum absolute atomic E-state index is 12.7. The van der Waals surface area contributed by atoms with Gasteiger partial charge in [-0.15, -0.1) is 0 Å². The van der Waals surface area contributed by atoms with Gasteiger partial charge in [-0.05, 0) is 55.9 Å². The van der Waals surface area contributed by atoms with Gasteiger partial charge in [0.1, 0.15) is 0 Å². The third-order valence-corrected chi connectivity index (χ3v) is 6.34. The molecule has 2 aliphatic rings. The Kier molecular flexibility index (Phi) is 5.46. The second-order valence-electron chi connectivity index (χ2n) is 8.38. The summed E-state index contributed by atoms with van der Waals surface area (Å²) in [5.74, 6) is 1.73. The van der Waals surface area contributed by atoms with Gasteiger partial charge in [0.2, 0.25) is 11.7 Å². The third-order valence-electron chi connectivity index (χ3n) is 6.34. The molecule has 2 saturated heterocycles. The Balaban J connectivity index is 1.19.